The number of benzene rings is 2. The summed E-state index contributed by atoms with van der Waals surface area (Å²) in [5, 5.41) is 6.37. The molecule has 2 aromatic carbocycles. The summed E-state index contributed by atoms with van der Waals surface area (Å²) >= 11 is 6.00. The molecule has 2 aromatic rings. The van der Waals surface area contributed by atoms with Crippen molar-refractivity contribution in [3.05, 3.63) is 70.7 Å². The van der Waals surface area contributed by atoms with Gasteiger partial charge in [-0.05, 0) is 36.1 Å². The average Bonchev–Trinajstić information content (AvgIpc) is 3.28. The van der Waals surface area contributed by atoms with Gasteiger partial charge in [0.1, 0.15) is 12.1 Å². The second-order valence-corrected chi connectivity index (χ2v) is 8.01. The topological polar surface area (TPSA) is 78.5 Å². The van der Waals surface area contributed by atoms with Crippen LogP contribution >= 0.6 is 11.6 Å². The molecule has 1 saturated carbocycles. The van der Waals surface area contributed by atoms with Crippen LogP contribution in [-0.2, 0) is 9.59 Å². The predicted octanol–water partition coefficient (Wildman–Crippen LogP) is 3.41. The number of rotatable bonds is 5. The van der Waals surface area contributed by atoms with Crippen molar-refractivity contribution in [3.8, 4) is 0 Å². The third-order valence-electron chi connectivity index (χ3n) is 5.65. The fraction of sp³-hybridized carbons (Fsp3) is 0.318. The molecule has 1 spiro atoms. The number of nitrogens with zero attached hydrogens (tertiary/aromatic N) is 1. The number of carbonyl (C=O) groups excluding carboxylic acids is 3. The highest BCUT2D eigenvalue weighted by atomic mass is 35.5. The lowest BCUT2D eigenvalue weighted by Gasteiger charge is -2.22. The van der Waals surface area contributed by atoms with Gasteiger partial charge in [-0.2, -0.15) is 0 Å². The van der Waals surface area contributed by atoms with Gasteiger partial charge in [-0.25, -0.2) is 4.79 Å². The van der Waals surface area contributed by atoms with E-state index in [0.717, 1.165) is 28.9 Å². The van der Waals surface area contributed by atoms with Gasteiger partial charge in [0.05, 0.1) is 6.04 Å². The standard InChI is InChI=1S/C22H22ClN3O3/c23-17-10-8-16(9-11-17)19(15-6-2-1-3-7-15)24-18(27)14-26-20(28)22(25-21(26)29)12-4-5-13-22/h1-3,6-11,19H,4-5,12-14H2,(H,24,27)(H,25,29). The van der Waals surface area contributed by atoms with E-state index < -0.39 is 23.5 Å². The van der Waals surface area contributed by atoms with Gasteiger partial charge in [0, 0.05) is 5.02 Å². The van der Waals surface area contributed by atoms with E-state index in [0.29, 0.717) is 17.9 Å². The SMILES string of the molecule is O=C(CN1C(=O)NC2(CCCC2)C1=O)NC(c1ccccc1)c1ccc(Cl)cc1. The van der Waals surface area contributed by atoms with E-state index in [1.807, 2.05) is 42.5 Å². The molecule has 6 nitrogen and oxygen atoms in total. The maximum Gasteiger partial charge on any atom is 0.325 e. The Labute approximate surface area is 174 Å². The van der Waals surface area contributed by atoms with Crippen molar-refractivity contribution in [1.29, 1.82) is 0 Å². The minimum absolute atomic E-state index is 0.294. The van der Waals surface area contributed by atoms with Crippen LogP contribution in [0.3, 0.4) is 0 Å². The maximum atomic E-state index is 12.8. The second-order valence-electron chi connectivity index (χ2n) is 7.57. The zero-order valence-electron chi connectivity index (χ0n) is 15.9. The molecule has 2 N–H and O–H groups in total. The molecular weight excluding hydrogens is 390 g/mol. The average molecular weight is 412 g/mol. The van der Waals surface area contributed by atoms with Gasteiger partial charge >= 0.3 is 6.03 Å². The summed E-state index contributed by atoms with van der Waals surface area (Å²) in [5.74, 6) is -0.690. The Morgan fingerprint density at radius 1 is 1.03 bits per heavy atom. The molecule has 2 fully saturated rings. The first kappa shape index (κ1) is 19.5. The van der Waals surface area contributed by atoms with Crippen LogP contribution < -0.4 is 10.6 Å². The molecule has 7 heteroatoms. The maximum absolute atomic E-state index is 12.8. The van der Waals surface area contributed by atoms with Crippen molar-refractivity contribution in [1.82, 2.24) is 15.5 Å². The molecule has 1 heterocycles. The molecular formula is C22H22ClN3O3. The number of carbonyl (C=O) groups is 3. The van der Waals surface area contributed by atoms with Gasteiger partial charge in [-0.15, -0.1) is 0 Å². The van der Waals surface area contributed by atoms with E-state index in [-0.39, 0.29) is 12.5 Å². The van der Waals surface area contributed by atoms with Crippen molar-refractivity contribution in [2.45, 2.75) is 37.3 Å². The Kier molecular flexibility index (Phi) is 5.28. The molecule has 150 valence electrons. The molecule has 1 saturated heterocycles. The second kappa shape index (κ2) is 7.87. The zero-order chi connectivity index (χ0) is 20.4. The first-order valence-corrected chi connectivity index (χ1v) is 10.1. The minimum Gasteiger partial charge on any atom is -0.344 e. The molecule has 1 aliphatic carbocycles. The first-order chi connectivity index (χ1) is 14.0. The van der Waals surface area contributed by atoms with E-state index in [1.165, 1.54) is 0 Å². The van der Waals surface area contributed by atoms with Gasteiger partial charge in [0.15, 0.2) is 0 Å². The fourth-order valence-electron chi connectivity index (χ4n) is 4.15. The van der Waals surface area contributed by atoms with Gasteiger partial charge in [0.25, 0.3) is 5.91 Å². The number of halogens is 1. The van der Waals surface area contributed by atoms with Gasteiger partial charge in [-0.3, -0.25) is 14.5 Å². The van der Waals surface area contributed by atoms with Crippen LogP contribution in [0.1, 0.15) is 42.9 Å². The van der Waals surface area contributed by atoms with Crippen molar-refractivity contribution in [3.63, 3.8) is 0 Å². The van der Waals surface area contributed by atoms with Crippen LogP contribution in [0.4, 0.5) is 4.79 Å². The third-order valence-corrected chi connectivity index (χ3v) is 5.90. The monoisotopic (exact) mass is 411 g/mol. The van der Waals surface area contributed by atoms with Crippen molar-refractivity contribution in [2.24, 2.45) is 0 Å². The van der Waals surface area contributed by atoms with Gasteiger partial charge in [0.2, 0.25) is 5.91 Å². The highest BCUT2D eigenvalue weighted by Gasteiger charge is 2.52. The summed E-state index contributed by atoms with van der Waals surface area (Å²) in [6.45, 7) is -0.302. The normalized spacial score (nSPS) is 18.7. The highest BCUT2D eigenvalue weighted by molar-refractivity contribution is 6.30. The number of nitrogens with one attached hydrogen (secondary N) is 2. The highest BCUT2D eigenvalue weighted by Crippen LogP contribution is 2.35. The summed E-state index contributed by atoms with van der Waals surface area (Å²) in [4.78, 5) is 39.0. The molecule has 0 aromatic heterocycles. The molecule has 0 bridgehead atoms. The van der Waals surface area contributed by atoms with Crippen molar-refractivity contribution in [2.75, 3.05) is 6.54 Å². The lowest BCUT2D eigenvalue weighted by Crippen LogP contribution is -2.45. The third kappa shape index (κ3) is 3.85. The largest absolute Gasteiger partial charge is 0.344 e. The number of imide groups is 1. The molecule has 4 amide bonds. The summed E-state index contributed by atoms with van der Waals surface area (Å²) < 4.78 is 0. The van der Waals surface area contributed by atoms with E-state index in [4.69, 9.17) is 11.6 Å². The molecule has 29 heavy (non-hydrogen) atoms. The van der Waals surface area contributed by atoms with Crippen molar-refractivity contribution < 1.29 is 14.4 Å². The Hall–Kier alpha value is -2.86. The van der Waals surface area contributed by atoms with E-state index in [9.17, 15) is 14.4 Å². The van der Waals surface area contributed by atoms with Crippen LogP contribution in [0.15, 0.2) is 54.6 Å². The number of hydrogen-bond acceptors (Lipinski definition) is 3. The van der Waals surface area contributed by atoms with Crippen LogP contribution in [0.2, 0.25) is 5.02 Å². The molecule has 4 rings (SSSR count). The van der Waals surface area contributed by atoms with E-state index in [1.54, 1.807) is 12.1 Å². The summed E-state index contributed by atoms with van der Waals surface area (Å²) in [6.07, 6.45) is 3.07. The summed E-state index contributed by atoms with van der Waals surface area (Å²) in [7, 11) is 0. The number of amides is 4. The van der Waals surface area contributed by atoms with Gasteiger partial charge in [-0.1, -0.05) is 66.9 Å². The molecule has 1 atom stereocenters. The zero-order valence-corrected chi connectivity index (χ0v) is 16.6. The lowest BCUT2D eigenvalue weighted by atomic mass is 9.98. The van der Waals surface area contributed by atoms with Crippen LogP contribution in [0.5, 0.6) is 0 Å². The van der Waals surface area contributed by atoms with Crippen LogP contribution in [0, 0.1) is 0 Å². The summed E-state index contributed by atoms with van der Waals surface area (Å²) in [6, 6.07) is 15.8. The Morgan fingerprint density at radius 3 is 2.31 bits per heavy atom. The smallest absolute Gasteiger partial charge is 0.325 e. The molecule has 0 radical (unpaired) electrons. The lowest BCUT2D eigenvalue weighted by molar-refractivity contribution is -0.135. The molecule has 1 aliphatic heterocycles. The van der Waals surface area contributed by atoms with Gasteiger partial charge < -0.3 is 10.6 Å². The fourth-order valence-corrected chi connectivity index (χ4v) is 4.27. The quantitative estimate of drug-likeness (QED) is 0.740. The van der Waals surface area contributed by atoms with E-state index >= 15 is 0 Å². The Morgan fingerprint density at radius 2 is 1.66 bits per heavy atom. The minimum atomic E-state index is -0.813. The van der Waals surface area contributed by atoms with Crippen molar-refractivity contribution >= 4 is 29.4 Å². The van der Waals surface area contributed by atoms with Crippen LogP contribution in [-0.4, -0.2) is 34.8 Å². The van der Waals surface area contributed by atoms with E-state index in [2.05, 4.69) is 10.6 Å². The van der Waals surface area contributed by atoms with Crippen LogP contribution in [0.25, 0.3) is 0 Å². The first-order valence-electron chi connectivity index (χ1n) is 9.72. The Bertz CT molecular complexity index is 924. The molecule has 1 unspecified atom stereocenters. The number of urea groups is 1. The molecule has 2 aliphatic rings. The predicted molar refractivity (Wildman–Crippen MR) is 109 cm³/mol. The number of hydrogen-bond donors (Lipinski definition) is 2. The Balaban J connectivity index is 1.52. The summed E-state index contributed by atoms with van der Waals surface area (Å²) in [5.41, 5.74) is 0.942.